The van der Waals surface area contributed by atoms with Crippen molar-refractivity contribution in [3.8, 4) is 17.2 Å². The van der Waals surface area contributed by atoms with E-state index in [1.165, 1.54) is 38.0 Å². The van der Waals surface area contributed by atoms with Crippen LogP contribution < -0.4 is 19.2 Å². The first-order chi connectivity index (χ1) is 19.1. The Balaban J connectivity index is 1.60. The molecule has 0 fully saturated rings. The molecule has 0 radical (unpaired) electrons. The summed E-state index contributed by atoms with van der Waals surface area (Å²) >= 11 is 0. The lowest BCUT2D eigenvalue weighted by Crippen LogP contribution is -2.39. The van der Waals surface area contributed by atoms with Gasteiger partial charge in [0, 0.05) is 28.7 Å². The molecule has 208 valence electrons. The predicted molar refractivity (Wildman–Crippen MR) is 156 cm³/mol. The SMILES string of the molecule is COc1ccc(OC)c(N(CC(=O)N/N=C\c2cc(C)n(-c3ccc(C)cc3)c2C)S(=O)(=O)c2ccccc2)c1. The highest BCUT2D eigenvalue weighted by molar-refractivity contribution is 7.92. The number of hydrazone groups is 1. The van der Waals surface area contributed by atoms with Crippen LogP contribution in [0.4, 0.5) is 5.69 Å². The molecule has 9 nitrogen and oxygen atoms in total. The molecule has 0 unspecified atom stereocenters. The van der Waals surface area contributed by atoms with E-state index in [0.717, 1.165) is 26.9 Å². The molecular formula is C30H32N4O5S. The van der Waals surface area contributed by atoms with Crippen LogP contribution in [0.5, 0.6) is 11.5 Å². The number of carbonyl (C=O) groups is 1. The Morgan fingerprint density at radius 3 is 2.30 bits per heavy atom. The lowest BCUT2D eigenvalue weighted by Gasteiger charge is -2.25. The monoisotopic (exact) mass is 560 g/mol. The summed E-state index contributed by atoms with van der Waals surface area (Å²) in [6, 6.07) is 22.8. The molecule has 1 heterocycles. The van der Waals surface area contributed by atoms with Crippen molar-refractivity contribution in [2.24, 2.45) is 5.10 Å². The maximum absolute atomic E-state index is 13.7. The zero-order valence-corrected chi connectivity index (χ0v) is 23.9. The molecule has 1 aromatic heterocycles. The molecule has 10 heteroatoms. The number of ether oxygens (including phenoxy) is 2. The van der Waals surface area contributed by atoms with E-state index in [2.05, 4.69) is 27.2 Å². The number of sulfonamides is 1. The molecule has 0 spiro atoms. The van der Waals surface area contributed by atoms with Gasteiger partial charge in [0.05, 0.1) is 31.0 Å². The van der Waals surface area contributed by atoms with Crippen LogP contribution in [0, 0.1) is 20.8 Å². The molecule has 0 aliphatic rings. The molecule has 40 heavy (non-hydrogen) atoms. The van der Waals surface area contributed by atoms with Crippen molar-refractivity contribution in [1.82, 2.24) is 9.99 Å². The van der Waals surface area contributed by atoms with Gasteiger partial charge in [-0.1, -0.05) is 35.9 Å². The van der Waals surface area contributed by atoms with Gasteiger partial charge in [0.25, 0.3) is 15.9 Å². The summed E-state index contributed by atoms with van der Waals surface area (Å²) in [5.41, 5.74) is 7.61. The average molecular weight is 561 g/mol. The number of amides is 1. The van der Waals surface area contributed by atoms with Gasteiger partial charge in [0.1, 0.15) is 18.0 Å². The fraction of sp³-hybridized carbons (Fsp3) is 0.200. The Labute approximate surface area is 234 Å². The predicted octanol–water partition coefficient (Wildman–Crippen LogP) is 4.77. The van der Waals surface area contributed by atoms with Gasteiger partial charge in [-0.05, 0) is 63.2 Å². The summed E-state index contributed by atoms with van der Waals surface area (Å²) in [5, 5.41) is 4.13. The Hall–Kier alpha value is -4.57. The van der Waals surface area contributed by atoms with Crippen LogP contribution in [0.15, 0.2) is 88.9 Å². The first-order valence-corrected chi connectivity index (χ1v) is 14.0. The number of nitrogens with zero attached hydrogens (tertiary/aromatic N) is 3. The summed E-state index contributed by atoms with van der Waals surface area (Å²) in [6.07, 6.45) is 1.55. The fourth-order valence-corrected chi connectivity index (χ4v) is 5.80. The summed E-state index contributed by atoms with van der Waals surface area (Å²) in [4.78, 5) is 13.1. The highest BCUT2D eigenvalue weighted by Gasteiger charge is 2.30. The van der Waals surface area contributed by atoms with Gasteiger partial charge in [0.2, 0.25) is 0 Å². The minimum absolute atomic E-state index is 0.0275. The molecule has 0 saturated carbocycles. The standard InChI is InChI=1S/C30H32N4O5S/c1-21-11-13-25(14-12-21)34-22(2)17-24(23(34)3)19-31-32-30(35)20-33(40(36,37)27-9-7-6-8-10-27)28-18-26(38-4)15-16-29(28)39-5/h6-19H,20H2,1-5H3,(H,32,35)/b31-19-. The van der Waals surface area contributed by atoms with Crippen LogP contribution in [0.2, 0.25) is 0 Å². The number of benzene rings is 3. The van der Waals surface area contributed by atoms with Crippen LogP contribution in [0.25, 0.3) is 5.69 Å². The van der Waals surface area contributed by atoms with E-state index in [1.807, 2.05) is 39.0 Å². The van der Waals surface area contributed by atoms with Crippen molar-refractivity contribution in [3.05, 3.63) is 101 Å². The molecular weight excluding hydrogens is 528 g/mol. The van der Waals surface area contributed by atoms with Crippen LogP contribution in [-0.2, 0) is 14.8 Å². The highest BCUT2D eigenvalue weighted by Crippen LogP contribution is 2.35. The maximum atomic E-state index is 13.7. The molecule has 3 aromatic carbocycles. The molecule has 0 aliphatic heterocycles. The molecule has 4 aromatic rings. The van der Waals surface area contributed by atoms with E-state index in [9.17, 15) is 13.2 Å². The smallest absolute Gasteiger partial charge is 0.264 e. The third-order valence-corrected chi connectivity index (χ3v) is 8.20. The number of carbonyl (C=O) groups excluding carboxylic acids is 1. The molecule has 1 amide bonds. The summed E-state index contributed by atoms with van der Waals surface area (Å²) in [5.74, 6) is 0.0412. The summed E-state index contributed by atoms with van der Waals surface area (Å²) in [7, 11) is -1.25. The second-order valence-corrected chi connectivity index (χ2v) is 11.0. The van der Waals surface area contributed by atoms with E-state index in [4.69, 9.17) is 9.47 Å². The van der Waals surface area contributed by atoms with E-state index in [-0.39, 0.29) is 16.3 Å². The lowest BCUT2D eigenvalue weighted by atomic mass is 10.2. The number of aryl methyl sites for hydroxylation is 2. The third kappa shape index (κ3) is 6.02. The minimum Gasteiger partial charge on any atom is -0.497 e. The topological polar surface area (TPSA) is 102 Å². The van der Waals surface area contributed by atoms with Crippen molar-refractivity contribution in [2.45, 2.75) is 25.7 Å². The van der Waals surface area contributed by atoms with Crippen molar-refractivity contribution < 1.29 is 22.7 Å². The summed E-state index contributed by atoms with van der Waals surface area (Å²) < 4.78 is 41.2. The minimum atomic E-state index is -4.14. The first kappa shape index (κ1) is 28.4. The molecule has 0 bridgehead atoms. The largest absolute Gasteiger partial charge is 0.497 e. The van der Waals surface area contributed by atoms with E-state index in [1.54, 1.807) is 36.5 Å². The molecule has 0 aliphatic carbocycles. The van der Waals surface area contributed by atoms with Crippen molar-refractivity contribution in [1.29, 1.82) is 0 Å². The summed E-state index contributed by atoms with van der Waals surface area (Å²) in [6.45, 7) is 5.47. The zero-order valence-electron chi connectivity index (χ0n) is 23.1. The van der Waals surface area contributed by atoms with E-state index in [0.29, 0.717) is 5.75 Å². The Morgan fingerprint density at radius 2 is 1.65 bits per heavy atom. The Bertz CT molecular complexity index is 1630. The van der Waals surface area contributed by atoms with Gasteiger partial charge < -0.3 is 14.0 Å². The van der Waals surface area contributed by atoms with Gasteiger partial charge in [-0.3, -0.25) is 9.10 Å². The quantitative estimate of drug-likeness (QED) is 0.223. The van der Waals surface area contributed by atoms with Crippen molar-refractivity contribution in [2.75, 3.05) is 25.1 Å². The van der Waals surface area contributed by atoms with Crippen LogP contribution in [0.1, 0.15) is 22.5 Å². The van der Waals surface area contributed by atoms with Gasteiger partial charge >= 0.3 is 0 Å². The van der Waals surface area contributed by atoms with Crippen LogP contribution in [0.3, 0.4) is 0 Å². The number of hydrogen-bond donors (Lipinski definition) is 1. The second-order valence-electron chi connectivity index (χ2n) is 9.15. The molecule has 4 rings (SSSR count). The van der Waals surface area contributed by atoms with Crippen molar-refractivity contribution in [3.63, 3.8) is 0 Å². The highest BCUT2D eigenvalue weighted by atomic mass is 32.2. The molecule has 0 atom stereocenters. The Kier molecular flexibility index (Phi) is 8.59. The number of rotatable bonds is 10. The molecule has 1 N–H and O–H groups in total. The van der Waals surface area contributed by atoms with Gasteiger partial charge in [-0.2, -0.15) is 5.10 Å². The fourth-order valence-electron chi connectivity index (χ4n) is 4.36. The molecule has 0 saturated heterocycles. The normalized spacial score (nSPS) is 11.4. The first-order valence-electron chi connectivity index (χ1n) is 12.5. The number of anilines is 1. The number of methoxy groups -OCH3 is 2. The third-order valence-electron chi connectivity index (χ3n) is 6.43. The van der Waals surface area contributed by atoms with E-state index < -0.39 is 22.5 Å². The van der Waals surface area contributed by atoms with Gasteiger partial charge in [-0.15, -0.1) is 0 Å². The van der Waals surface area contributed by atoms with Crippen LogP contribution >= 0.6 is 0 Å². The number of hydrogen-bond acceptors (Lipinski definition) is 6. The van der Waals surface area contributed by atoms with Crippen LogP contribution in [-0.4, -0.2) is 45.9 Å². The van der Waals surface area contributed by atoms with Gasteiger partial charge in [0.15, 0.2) is 0 Å². The van der Waals surface area contributed by atoms with Gasteiger partial charge in [-0.25, -0.2) is 13.8 Å². The maximum Gasteiger partial charge on any atom is 0.264 e. The zero-order chi connectivity index (χ0) is 28.9. The average Bonchev–Trinajstić information content (AvgIpc) is 3.24. The second kappa shape index (κ2) is 12.1. The Morgan fingerprint density at radius 1 is 0.950 bits per heavy atom. The van der Waals surface area contributed by atoms with E-state index >= 15 is 0 Å². The van der Waals surface area contributed by atoms with Crippen molar-refractivity contribution >= 4 is 27.8 Å². The lowest BCUT2D eigenvalue weighted by molar-refractivity contribution is -0.119. The number of aromatic nitrogens is 1. The number of nitrogens with one attached hydrogen (secondary N) is 1.